The fourth-order valence-electron chi connectivity index (χ4n) is 3.17. The van der Waals surface area contributed by atoms with Crippen LogP contribution in [0.1, 0.15) is 10.4 Å². The van der Waals surface area contributed by atoms with Gasteiger partial charge in [-0.1, -0.05) is 0 Å². The first kappa shape index (κ1) is 17.0. The van der Waals surface area contributed by atoms with E-state index in [1.807, 2.05) is 24.3 Å². The van der Waals surface area contributed by atoms with E-state index in [1.165, 1.54) is 0 Å². The number of nitrogens with one attached hydrogen (secondary N) is 1. The molecular weight excluding hydrogens is 372 g/mol. The standard InChI is InChI=1S/C20H16N6O3/c21-18(27)13-2-1-5-23-19(13)25-20-24-14(11-17-22-6-7-26(17)20)12-3-4-15-16(10-12)29-9-8-28-15/h1-7,10-11H,8-9H2,(H2,21,27)(H,23,24,25). The Balaban J connectivity index is 1.60. The molecule has 3 N–H and O–H groups in total. The molecule has 0 spiro atoms. The maximum atomic E-state index is 11.7. The zero-order valence-electron chi connectivity index (χ0n) is 15.2. The number of anilines is 2. The smallest absolute Gasteiger partial charge is 0.252 e. The fourth-order valence-corrected chi connectivity index (χ4v) is 3.17. The number of amides is 1. The number of benzene rings is 1. The number of pyridine rings is 1. The normalized spacial score (nSPS) is 12.7. The summed E-state index contributed by atoms with van der Waals surface area (Å²) in [6, 6.07) is 10.8. The van der Waals surface area contributed by atoms with Crippen molar-refractivity contribution in [3.63, 3.8) is 0 Å². The first-order chi connectivity index (χ1) is 14.2. The minimum absolute atomic E-state index is 0.271. The second-order valence-electron chi connectivity index (χ2n) is 6.37. The molecule has 9 nitrogen and oxygen atoms in total. The molecule has 5 rings (SSSR count). The largest absolute Gasteiger partial charge is 0.486 e. The lowest BCUT2D eigenvalue weighted by atomic mass is 10.1. The number of hydrogen-bond acceptors (Lipinski definition) is 7. The van der Waals surface area contributed by atoms with Crippen molar-refractivity contribution < 1.29 is 14.3 Å². The third-order valence-electron chi connectivity index (χ3n) is 4.53. The van der Waals surface area contributed by atoms with E-state index in [4.69, 9.17) is 20.2 Å². The number of nitrogens with zero attached hydrogens (tertiary/aromatic N) is 4. The van der Waals surface area contributed by atoms with Gasteiger partial charge in [0.1, 0.15) is 24.7 Å². The van der Waals surface area contributed by atoms with Gasteiger partial charge in [-0.25, -0.2) is 15.0 Å². The van der Waals surface area contributed by atoms with Crippen LogP contribution in [0.2, 0.25) is 0 Å². The number of carbonyl (C=O) groups is 1. The van der Waals surface area contributed by atoms with Crippen molar-refractivity contribution in [2.24, 2.45) is 5.73 Å². The molecule has 0 fully saturated rings. The van der Waals surface area contributed by atoms with Gasteiger partial charge in [-0.15, -0.1) is 0 Å². The fraction of sp³-hybridized carbons (Fsp3) is 0.100. The van der Waals surface area contributed by atoms with Gasteiger partial charge in [0.2, 0.25) is 5.95 Å². The minimum Gasteiger partial charge on any atom is -0.486 e. The molecule has 3 aromatic heterocycles. The van der Waals surface area contributed by atoms with Crippen molar-refractivity contribution in [2.75, 3.05) is 18.5 Å². The summed E-state index contributed by atoms with van der Waals surface area (Å²) in [4.78, 5) is 25.0. The molecule has 1 aromatic carbocycles. The summed E-state index contributed by atoms with van der Waals surface area (Å²) in [5.74, 6) is 1.58. The van der Waals surface area contributed by atoms with Gasteiger partial charge >= 0.3 is 0 Å². The van der Waals surface area contributed by atoms with Crippen molar-refractivity contribution in [3.8, 4) is 22.8 Å². The molecule has 29 heavy (non-hydrogen) atoms. The maximum absolute atomic E-state index is 11.7. The highest BCUT2D eigenvalue weighted by Crippen LogP contribution is 2.34. The molecule has 1 amide bonds. The van der Waals surface area contributed by atoms with Crippen LogP contribution in [0.4, 0.5) is 11.8 Å². The van der Waals surface area contributed by atoms with Crippen molar-refractivity contribution in [1.82, 2.24) is 19.4 Å². The lowest BCUT2D eigenvalue weighted by molar-refractivity contribution is 0.100. The Morgan fingerprint density at radius 1 is 1.07 bits per heavy atom. The Morgan fingerprint density at radius 3 is 2.79 bits per heavy atom. The van der Waals surface area contributed by atoms with E-state index < -0.39 is 5.91 Å². The number of aromatic nitrogens is 4. The lowest BCUT2D eigenvalue weighted by Crippen LogP contribution is -2.15. The van der Waals surface area contributed by atoms with Crippen LogP contribution in [0.25, 0.3) is 16.9 Å². The summed E-state index contributed by atoms with van der Waals surface area (Å²) < 4.78 is 13.0. The average molecular weight is 388 g/mol. The van der Waals surface area contributed by atoms with Gasteiger partial charge in [-0.05, 0) is 30.3 Å². The topological polar surface area (TPSA) is 117 Å². The number of carbonyl (C=O) groups excluding carboxylic acids is 1. The average Bonchev–Trinajstić information content (AvgIpc) is 3.23. The minimum atomic E-state index is -0.578. The van der Waals surface area contributed by atoms with E-state index in [2.05, 4.69) is 15.3 Å². The van der Waals surface area contributed by atoms with Crippen LogP contribution in [-0.4, -0.2) is 38.5 Å². The number of rotatable bonds is 4. The van der Waals surface area contributed by atoms with Gasteiger partial charge in [-0.3, -0.25) is 9.20 Å². The first-order valence-electron chi connectivity index (χ1n) is 8.95. The van der Waals surface area contributed by atoms with Gasteiger partial charge < -0.3 is 20.5 Å². The van der Waals surface area contributed by atoms with E-state index in [9.17, 15) is 4.79 Å². The van der Waals surface area contributed by atoms with Crippen LogP contribution in [-0.2, 0) is 0 Å². The first-order valence-corrected chi connectivity index (χ1v) is 8.95. The maximum Gasteiger partial charge on any atom is 0.252 e. The van der Waals surface area contributed by atoms with Gasteiger partial charge in [0.15, 0.2) is 11.5 Å². The molecule has 144 valence electrons. The van der Waals surface area contributed by atoms with E-state index in [0.717, 1.165) is 5.56 Å². The van der Waals surface area contributed by atoms with Crippen molar-refractivity contribution in [2.45, 2.75) is 0 Å². The third kappa shape index (κ3) is 3.08. The molecule has 0 saturated carbocycles. The molecule has 9 heteroatoms. The summed E-state index contributed by atoms with van der Waals surface area (Å²) in [6.07, 6.45) is 5.01. The Morgan fingerprint density at radius 2 is 1.93 bits per heavy atom. The number of nitrogens with two attached hydrogens (primary N) is 1. The van der Waals surface area contributed by atoms with Crippen LogP contribution in [0.3, 0.4) is 0 Å². The van der Waals surface area contributed by atoms with E-state index in [1.54, 1.807) is 35.1 Å². The molecule has 1 aliphatic rings. The predicted octanol–water partition coefficient (Wildman–Crippen LogP) is 2.41. The molecule has 0 radical (unpaired) electrons. The molecule has 0 bridgehead atoms. The van der Waals surface area contributed by atoms with Crippen LogP contribution in [0.15, 0.2) is 55.0 Å². The Hall–Kier alpha value is -4.14. The highest BCUT2D eigenvalue weighted by Gasteiger charge is 2.16. The lowest BCUT2D eigenvalue weighted by Gasteiger charge is -2.19. The number of primary amides is 1. The SMILES string of the molecule is NC(=O)c1cccnc1Nc1nc(-c2ccc3c(c2)OCCO3)cc2nccn12. The highest BCUT2D eigenvalue weighted by molar-refractivity contribution is 5.98. The number of ether oxygens (including phenoxy) is 2. The number of imidazole rings is 1. The summed E-state index contributed by atoms with van der Waals surface area (Å²) in [7, 11) is 0. The van der Waals surface area contributed by atoms with Crippen LogP contribution < -0.4 is 20.5 Å². The number of fused-ring (bicyclic) bond motifs is 2. The molecule has 4 aromatic rings. The van der Waals surface area contributed by atoms with E-state index in [0.29, 0.717) is 47.8 Å². The molecule has 4 heterocycles. The van der Waals surface area contributed by atoms with Gasteiger partial charge in [0.25, 0.3) is 5.91 Å². The zero-order valence-corrected chi connectivity index (χ0v) is 15.2. The van der Waals surface area contributed by atoms with Crippen LogP contribution in [0.5, 0.6) is 11.5 Å². The molecule has 0 saturated heterocycles. The predicted molar refractivity (Wildman–Crippen MR) is 105 cm³/mol. The quantitative estimate of drug-likeness (QED) is 0.551. The zero-order chi connectivity index (χ0) is 19.8. The summed E-state index contributed by atoms with van der Waals surface area (Å²) >= 11 is 0. The van der Waals surface area contributed by atoms with E-state index >= 15 is 0 Å². The van der Waals surface area contributed by atoms with Crippen LogP contribution in [0, 0.1) is 0 Å². The molecule has 0 unspecified atom stereocenters. The van der Waals surface area contributed by atoms with E-state index in [-0.39, 0.29) is 5.56 Å². The molecule has 1 aliphatic heterocycles. The van der Waals surface area contributed by atoms with Gasteiger partial charge in [-0.2, -0.15) is 0 Å². The summed E-state index contributed by atoms with van der Waals surface area (Å²) in [5, 5.41) is 3.10. The monoisotopic (exact) mass is 388 g/mol. The Labute approximate surface area is 165 Å². The summed E-state index contributed by atoms with van der Waals surface area (Å²) in [5.41, 5.74) is 7.94. The Bertz CT molecular complexity index is 1240. The van der Waals surface area contributed by atoms with Crippen molar-refractivity contribution in [1.29, 1.82) is 0 Å². The Kier molecular flexibility index (Phi) is 3.98. The second-order valence-corrected chi connectivity index (χ2v) is 6.37. The second kappa shape index (κ2) is 6.79. The third-order valence-corrected chi connectivity index (χ3v) is 4.53. The number of hydrogen-bond donors (Lipinski definition) is 2. The van der Waals surface area contributed by atoms with Crippen molar-refractivity contribution >= 4 is 23.3 Å². The molecule has 0 aliphatic carbocycles. The van der Waals surface area contributed by atoms with Crippen molar-refractivity contribution in [3.05, 3.63) is 60.6 Å². The van der Waals surface area contributed by atoms with Crippen LogP contribution >= 0.6 is 0 Å². The van der Waals surface area contributed by atoms with Gasteiger partial charge in [0, 0.05) is 30.2 Å². The summed E-state index contributed by atoms with van der Waals surface area (Å²) in [6.45, 7) is 1.04. The molecular formula is C20H16N6O3. The van der Waals surface area contributed by atoms with Gasteiger partial charge in [0.05, 0.1) is 11.3 Å². The molecule has 0 atom stereocenters. The highest BCUT2D eigenvalue weighted by atomic mass is 16.6.